The van der Waals surface area contributed by atoms with Gasteiger partial charge in [-0.15, -0.1) is 0 Å². The molecule has 1 atom stereocenters. The largest absolute Gasteiger partial charge is 0.307 e. The van der Waals surface area contributed by atoms with Gasteiger partial charge in [-0.25, -0.2) is 0 Å². The lowest BCUT2D eigenvalue weighted by atomic mass is 9.75. The van der Waals surface area contributed by atoms with Crippen LogP contribution in [-0.4, -0.2) is 6.04 Å². The molecular formula is C20H33N. The van der Waals surface area contributed by atoms with Crippen molar-refractivity contribution in [1.29, 1.82) is 0 Å². The van der Waals surface area contributed by atoms with Crippen molar-refractivity contribution in [2.45, 2.75) is 78.3 Å². The number of rotatable bonds is 6. The lowest BCUT2D eigenvalue weighted by Gasteiger charge is -2.38. The highest BCUT2D eigenvalue weighted by molar-refractivity contribution is 5.20. The molecule has 1 aliphatic rings. The summed E-state index contributed by atoms with van der Waals surface area (Å²) in [5.41, 5.74) is 2.02. The molecule has 1 N–H and O–H groups in total. The van der Waals surface area contributed by atoms with Crippen LogP contribution < -0.4 is 5.32 Å². The van der Waals surface area contributed by atoms with E-state index in [4.69, 9.17) is 0 Å². The first-order valence-corrected chi connectivity index (χ1v) is 8.86. The van der Waals surface area contributed by atoms with Gasteiger partial charge in [-0.3, -0.25) is 0 Å². The summed E-state index contributed by atoms with van der Waals surface area (Å²) in [5.74, 6) is 0.738. The Morgan fingerprint density at radius 2 is 1.62 bits per heavy atom. The number of benzene rings is 1. The Kier molecular flexibility index (Phi) is 5.87. The van der Waals surface area contributed by atoms with Gasteiger partial charge < -0.3 is 5.32 Å². The van der Waals surface area contributed by atoms with Gasteiger partial charge >= 0.3 is 0 Å². The van der Waals surface area contributed by atoms with Crippen LogP contribution in [0.5, 0.6) is 0 Å². The van der Waals surface area contributed by atoms with Crippen molar-refractivity contribution in [3.05, 3.63) is 35.9 Å². The summed E-state index contributed by atoms with van der Waals surface area (Å²) in [6, 6.07) is 12.3. The molecule has 2 rings (SSSR count). The summed E-state index contributed by atoms with van der Waals surface area (Å²) in [6.45, 7) is 9.49. The number of hydrogen-bond acceptors (Lipinski definition) is 1. The van der Waals surface area contributed by atoms with Crippen molar-refractivity contribution in [2.75, 3.05) is 0 Å². The van der Waals surface area contributed by atoms with E-state index in [9.17, 15) is 0 Å². The van der Waals surface area contributed by atoms with E-state index < -0.39 is 0 Å². The summed E-state index contributed by atoms with van der Waals surface area (Å²) in [4.78, 5) is 0. The first-order chi connectivity index (χ1) is 10.1. The van der Waals surface area contributed by atoms with E-state index >= 15 is 0 Å². The fourth-order valence-corrected chi connectivity index (χ4v) is 3.74. The van der Waals surface area contributed by atoms with Crippen LogP contribution in [0.25, 0.3) is 0 Å². The first-order valence-electron chi connectivity index (χ1n) is 8.86. The van der Waals surface area contributed by atoms with E-state index in [1.807, 2.05) is 0 Å². The predicted octanol–water partition coefficient (Wildman–Crippen LogP) is 5.72. The SMILES string of the molecule is CCC(CC)C(NC1CCC(C)(C)CC1)c1ccccc1. The molecule has 0 bridgehead atoms. The second kappa shape index (κ2) is 7.45. The van der Waals surface area contributed by atoms with E-state index in [2.05, 4.69) is 63.3 Å². The van der Waals surface area contributed by atoms with Crippen LogP contribution in [-0.2, 0) is 0 Å². The van der Waals surface area contributed by atoms with E-state index in [1.54, 1.807) is 0 Å². The number of hydrogen-bond donors (Lipinski definition) is 1. The van der Waals surface area contributed by atoms with Crippen LogP contribution in [0.2, 0.25) is 0 Å². The summed E-state index contributed by atoms with van der Waals surface area (Å²) in [5, 5.41) is 4.01. The normalized spacial score (nSPS) is 20.6. The molecule has 0 aromatic heterocycles. The minimum atomic E-state index is 0.521. The molecule has 0 amide bonds. The molecule has 0 aliphatic heterocycles. The predicted molar refractivity (Wildman–Crippen MR) is 92.4 cm³/mol. The van der Waals surface area contributed by atoms with Gasteiger partial charge in [-0.05, 0) is 42.6 Å². The summed E-state index contributed by atoms with van der Waals surface area (Å²) >= 11 is 0. The lowest BCUT2D eigenvalue weighted by Crippen LogP contribution is -2.40. The molecule has 1 aromatic rings. The molecule has 0 saturated heterocycles. The monoisotopic (exact) mass is 287 g/mol. The van der Waals surface area contributed by atoms with Crippen molar-refractivity contribution in [2.24, 2.45) is 11.3 Å². The fourth-order valence-electron chi connectivity index (χ4n) is 3.74. The van der Waals surface area contributed by atoms with Crippen LogP contribution in [0.15, 0.2) is 30.3 Å². The van der Waals surface area contributed by atoms with Gasteiger partial charge in [0.1, 0.15) is 0 Å². The molecule has 1 fully saturated rings. The Hall–Kier alpha value is -0.820. The second-order valence-corrected chi connectivity index (χ2v) is 7.57. The molecule has 118 valence electrons. The minimum absolute atomic E-state index is 0.521. The van der Waals surface area contributed by atoms with Crippen molar-refractivity contribution in [3.8, 4) is 0 Å². The molecule has 0 spiro atoms. The van der Waals surface area contributed by atoms with E-state index in [-0.39, 0.29) is 0 Å². The summed E-state index contributed by atoms with van der Waals surface area (Å²) in [6.07, 6.45) is 7.87. The average Bonchev–Trinajstić information content (AvgIpc) is 2.50. The Labute approximate surface area is 131 Å². The zero-order valence-electron chi connectivity index (χ0n) is 14.4. The maximum Gasteiger partial charge on any atom is 0.0350 e. The third-order valence-electron chi connectivity index (χ3n) is 5.43. The Balaban J connectivity index is 2.06. The Bertz CT molecular complexity index is 395. The van der Waals surface area contributed by atoms with Gasteiger partial charge in [-0.1, -0.05) is 70.9 Å². The zero-order valence-corrected chi connectivity index (χ0v) is 14.4. The van der Waals surface area contributed by atoms with Crippen molar-refractivity contribution in [3.63, 3.8) is 0 Å². The highest BCUT2D eigenvalue weighted by Crippen LogP contribution is 2.37. The van der Waals surface area contributed by atoms with E-state index in [1.165, 1.54) is 44.1 Å². The summed E-state index contributed by atoms with van der Waals surface area (Å²) < 4.78 is 0. The first kappa shape index (κ1) is 16.5. The van der Waals surface area contributed by atoms with Crippen LogP contribution in [0, 0.1) is 11.3 Å². The Morgan fingerprint density at radius 3 is 2.14 bits per heavy atom. The van der Waals surface area contributed by atoms with Gasteiger partial charge in [0.25, 0.3) is 0 Å². The quantitative estimate of drug-likeness (QED) is 0.705. The third-order valence-corrected chi connectivity index (χ3v) is 5.43. The highest BCUT2D eigenvalue weighted by atomic mass is 15.0. The van der Waals surface area contributed by atoms with Gasteiger partial charge in [-0.2, -0.15) is 0 Å². The van der Waals surface area contributed by atoms with Gasteiger partial charge in [0.15, 0.2) is 0 Å². The lowest BCUT2D eigenvalue weighted by molar-refractivity contribution is 0.184. The van der Waals surface area contributed by atoms with Gasteiger partial charge in [0.05, 0.1) is 0 Å². The minimum Gasteiger partial charge on any atom is -0.307 e. The maximum absolute atomic E-state index is 4.01. The van der Waals surface area contributed by atoms with Crippen LogP contribution in [0.4, 0.5) is 0 Å². The maximum atomic E-state index is 4.01. The molecule has 1 unspecified atom stereocenters. The molecule has 1 aromatic carbocycles. The number of nitrogens with one attached hydrogen (secondary N) is 1. The average molecular weight is 287 g/mol. The second-order valence-electron chi connectivity index (χ2n) is 7.57. The van der Waals surface area contributed by atoms with Crippen molar-refractivity contribution >= 4 is 0 Å². The molecule has 1 aliphatic carbocycles. The Morgan fingerprint density at radius 1 is 1.05 bits per heavy atom. The molecular weight excluding hydrogens is 254 g/mol. The standard InChI is InChI=1S/C20H33N/c1-5-16(6-2)19(17-10-8-7-9-11-17)21-18-12-14-20(3,4)15-13-18/h7-11,16,18-19,21H,5-6,12-15H2,1-4H3. The molecule has 1 saturated carbocycles. The van der Waals surface area contributed by atoms with Crippen LogP contribution in [0.3, 0.4) is 0 Å². The smallest absolute Gasteiger partial charge is 0.0350 e. The molecule has 21 heavy (non-hydrogen) atoms. The van der Waals surface area contributed by atoms with Crippen LogP contribution in [0.1, 0.15) is 77.8 Å². The van der Waals surface area contributed by atoms with Crippen molar-refractivity contribution in [1.82, 2.24) is 5.32 Å². The highest BCUT2D eigenvalue weighted by Gasteiger charge is 2.29. The van der Waals surface area contributed by atoms with Crippen molar-refractivity contribution < 1.29 is 0 Å². The van der Waals surface area contributed by atoms with E-state index in [0.717, 1.165) is 5.92 Å². The molecule has 1 heteroatoms. The molecule has 0 heterocycles. The summed E-state index contributed by atoms with van der Waals surface area (Å²) in [7, 11) is 0. The fraction of sp³-hybridized carbons (Fsp3) is 0.700. The third kappa shape index (κ3) is 4.57. The van der Waals surface area contributed by atoms with Crippen LogP contribution >= 0.6 is 0 Å². The van der Waals surface area contributed by atoms with Gasteiger partial charge in [0.2, 0.25) is 0 Å². The van der Waals surface area contributed by atoms with E-state index in [0.29, 0.717) is 17.5 Å². The zero-order chi connectivity index (χ0) is 15.3. The topological polar surface area (TPSA) is 12.0 Å². The molecule has 1 nitrogen and oxygen atoms in total. The van der Waals surface area contributed by atoms with Gasteiger partial charge in [0, 0.05) is 12.1 Å². The molecule has 0 radical (unpaired) electrons.